The van der Waals surface area contributed by atoms with Crippen LogP contribution in [0.4, 0.5) is 4.39 Å². The molecule has 1 aromatic heterocycles. The zero-order valence-electron chi connectivity index (χ0n) is 11.9. The van der Waals surface area contributed by atoms with Crippen LogP contribution in [0.15, 0.2) is 24.3 Å². The van der Waals surface area contributed by atoms with Crippen LogP contribution in [-0.4, -0.2) is 16.6 Å². The van der Waals surface area contributed by atoms with Crippen molar-refractivity contribution in [2.45, 2.75) is 32.9 Å². The Labute approximate surface area is 122 Å². The second kappa shape index (κ2) is 5.99. The molecular formula is C15H19FN2OS. The molecule has 1 unspecified atom stereocenters. The van der Waals surface area contributed by atoms with Gasteiger partial charge >= 0.3 is 0 Å². The second-order valence-electron chi connectivity index (χ2n) is 5.13. The molecule has 1 heterocycles. The summed E-state index contributed by atoms with van der Waals surface area (Å²) >= 11 is 1.66. The van der Waals surface area contributed by atoms with Crippen LogP contribution in [0.25, 0.3) is 0 Å². The van der Waals surface area contributed by atoms with Gasteiger partial charge in [-0.05, 0) is 38.5 Å². The van der Waals surface area contributed by atoms with Gasteiger partial charge < -0.3 is 10.4 Å². The lowest BCUT2D eigenvalue weighted by molar-refractivity contribution is 0.0566. The van der Waals surface area contributed by atoms with Crippen LogP contribution in [0, 0.1) is 19.7 Å². The van der Waals surface area contributed by atoms with Gasteiger partial charge in [-0.1, -0.05) is 12.1 Å². The van der Waals surface area contributed by atoms with Crippen molar-refractivity contribution < 1.29 is 9.50 Å². The summed E-state index contributed by atoms with van der Waals surface area (Å²) in [6.45, 7) is 6.76. The highest BCUT2D eigenvalue weighted by molar-refractivity contribution is 7.11. The molecule has 0 spiro atoms. The van der Waals surface area contributed by atoms with Crippen molar-refractivity contribution in [3.05, 3.63) is 51.2 Å². The van der Waals surface area contributed by atoms with Gasteiger partial charge in [-0.25, -0.2) is 9.37 Å². The van der Waals surface area contributed by atoms with E-state index in [1.54, 1.807) is 30.4 Å². The van der Waals surface area contributed by atoms with E-state index in [4.69, 9.17) is 0 Å². The fourth-order valence-corrected chi connectivity index (χ4v) is 2.97. The SMILES string of the molecule is Cc1nc(C)c(CNCC(C)(O)c2ccc(F)cc2)s1. The van der Waals surface area contributed by atoms with Crippen molar-refractivity contribution >= 4 is 11.3 Å². The van der Waals surface area contributed by atoms with E-state index in [2.05, 4.69) is 10.3 Å². The Bertz CT molecular complexity index is 578. The highest BCUT2D eigenvalue weighted by atomic mass is 32.1. The quantitative estimate of drug-likeness (QED) is 0.891. The number of rotatable bonds is 5. The molecular weight excluding hydrogens is 275 g/mol. The molecule has 0 fully saturated rings. The van der Waals surface area contributed by atoms with Crippen LogP contribution in [0.1, 0.15) is 28.1 Å². The van der Waals surface area contributed by atoms with Gasteiger partial charge in [-0.3, -0.25) is 0 Å². The van der Waals surface area contributed by atoms with Crippen molar-refractivity contribution in [2.24, 2.45) is 0 Å². The number of nitrogens with one attached hydrogen (secondary N) is 1. The van der Waals surface area contributed by atoms with Crippen LogP contribution in [0.2, 0.25) is 0 Å². The summed E-state index contributed by atoms with van der Waals surface area (Å²) in [6.07, 6.45) is 0. The van der Waals surface area contributed by atoms with Crippen molar-refractivity contribution in [1.82, 2.24) is 10.3 Å². The van der Waals surface area contributed by atoms with E-state index in [1.165, 1.54) is 17.0 Å². The summed E-state index contributed by atoms with van der Waals surface area (Å²) in [4.78, 5) is 5.55. The van der Waals surface area contributed by atoms with E-state index in [9.17, 15) is 9.50 Å². The van der Waals surface area contributed by atoms with Crippen molar-refractivity contribution in [3.63, 3.8) is 0 Å². The molecule has 108 valence electrons. The summed E-state index contributed by atoms with van der Waals surface area (Å²) in [5.74, 6) is -0.298. The summed E-state index contributed by atoms with van der Waals surface area (Å²) < 4.78 is 12.9. The van der Waals surface area contributed by atoms with Gasteiger partial charge in [0.25, 0.3) is 0 Å². The predicted molar refractivity (Wildman–Crippen MR) is 79.3 cm³/mol. The number of aromatic nitrogens is 1. The lowest BCUT2D eigenvalue weighted by atomic mass is 9.96. The van der Waals surface area contributed by atoms with E-state index < -0.39 is 5.60 Å². The average Bonchev–Trinajstić information content (AvgIpc) is 2.68. The van der Waals surface area contributed by atoms with E-state index in [0.717, 1.165) is 10.7 Å². The standard InChI is InChI=1S/C15H19FN2OS/c1-10-14(20-11(2)18-10)8-17-9-15(3,19)12-4-6-13(16)7-5-12/h4-7,17,19H,8-9H2,1-3H3. The van der Waals surface area contributed by atoms with Crippen LogP contribution in [0.3, 0.4) is 0 Å². The molecule has 1 aromatic carbocycles. The van der Waals surface area contributed by atoms with Gasteiger partial charge in [-0.2, -0.15) is 0 Å². The lowest BCUT2D eigenvalue weighted by Crippen LogP contribution is -2.35. The Kier molecular flexibility index (Phi) is 4.52. The van der Waals surface area contributed by atoms with Crippen molar-refractivity contribution in [1.29, 1.82) is 0 Å². The maximum absolute atomic E-state index is 12.9. The normalized spacial score (nSPS) is 14.2. The molecule has 3 nitrogen and oxygen atoms in total. The number of halogens is 1. The molecule has 0 aliphatic rings. The van der Waals surface area contributed by atoms with Crippen LogP contribution >= 0.6 is 11.3 Å². The molecule has 2 aromatic rings. The molecule has 0 aliphatic heterocycles. The maximum Gasteiger partial charge on any atom is 0.123 e. The molecule has 0 amide bonds. The molecule has 20 heavy (non-hydrogen) atoms. The second-order valence-corrected chi connectivity index (χ2v) is 6.41. The first kappa shape index (κ1) is 15.1. The number of hydrogen-bond donors (Lipinski definition) is 2. The van der Waals surface area contributed by atoms with Gasteiger partial charge in [-0.15, -0.1) is 11.3 Å². The van der Waals surface area contributed by atoms with Gasteiger partial charge in [0.15, 0.2) is 0 Å². The monoisotopic (exact) mass is 294 g/mol. The van der Waals surface area contributed by atoms with E-state index in [0.29, 0.717) is 18.7 Å². The summed E-state index contributed by atoms with van der Waals surface area (Å²) in [7, 11) is 0. The number of benzene rings is 1. The fraction of sp³-hybridized carbons (Fsp3) is 0.400. The third-order valence-corrected chi connectivity index (χ3v) is 4.29. The Hall–Kier alpha value is -1.30. The number of hydrogen-bond acceptors (Lipinski definition) is 4. The lowest BCUT2D eigenvalue weighted by Gasteiger charge is -2.24. The van der Waals surface area contributed by atoms with Gasteiger partial charge in [0.1, 0.15) is 5.82 Å². The molecule has 0 radical (unpaired) electrons. The van der Waals surface area contributed by atoms with E-state index in [1.807, 2.05) is 13.8 Å². The van der Waals surface area contributed by atoms with E-state index in [-0.39, 0.29) is 5.82 Å². The minimum atomic E-state index is -1.03. The van der Waals surface area contributed by atoms with Gasteiger partial charge in [0.2, 0.25) is 0 Å². The predicted octanol–water partition coefficient (Wildman–Crippen LogP) is 2.90. The van der Waals surface area contributed by atoms with Crippen molar-refractivity contribution in [3.8, 4) is 0 Å². The third kappa shape index (κ3) is 3.62. The van der Waals surface area contributed by atoms with Crippen LogP contribution in [-0.2, 0) is 12.1 Å². The smallest absolute Gasteiger partial charge is 0.123 e. The van der Waals surface area contributed by atoms with Crippen molar-refractivity contribution in [2.75, 3.05) is 6.54 Å². The minimum absolute atomic E-state index is 0.298. The first-order valence-corrected chi connectivity index (χ1v) is 7.32. The molecule has 0 bridgehead atoms. The topological polar surface area (TPSA) is 45.2 Å². The highest BCUT2D eigenvalue weighted by Crippen LogP contribution is 2.21. The fourth-order valence-electron chi connectivity index (χ4n) is 2.07. The zero-order chi connectivity index (χ0) is 14.8. The first-order valence-electron chi connectivity index (χ1n) is 6.50. The zero-order valence-corrected chi connectivity index (χ0v) is 12.7. The van der Waals surface area contributed by atoms with Crippen LogP contribution in [0.5, 0.6) is 0 Å². The Morgan fingerprint density at radius 3 is 2.50 bits per heavy atom. The molecule has 2 N–H and O–H groups in total. The summed E-state index contributed by atoms with van der Waals surface area (Å²) in [6, 6.07) is 5.94. The Balaban J connectivity index is 1.95. The molecule has 1 atom stereocenters. The Morgan fingerprint density at radius 1 is 1.30 bits per heavy atom. The first-order chi connectivity index (χ1) is 9.38. The number of aryl methyl sites for hydroxylation is 2. The number of aliphatic hydroxyl groups is 1. The highest BCUT2D eigenvalue weighted by Gasteiger charge is 2.22. The summed E-state index contributed by atoms with van der Waals surface area (Å²) in [5, 5.41) is 14.7. The third-order valence-electron chi connectivity index (χ3n) is 3.22. The molecule has 0 saturated carbocycles. The molecule has 0 aliphatic carbocycles. The largest absolute Gasteiger partial charge is 0.384 e. The molecule has 0 saturated heterocycles. The Morgan fingerprint density at radius 2 is 1.95 bits per heavy atom. The number of thiazole rings is 1. The minimum Gasteiger partial charge on any atom is -0.384 e. The molecule has 2 rings (SSSR count). The number of nitrogens with zero attached hydrogens (tertiary/aromatic N) is 1. The van der Waals surface area contributed by atoms with Crippen LogP contribution < -0.4 is 5.32 Å². The van der Waals surface area contributed by atoms with Gasteiger partial charge in [0, 0.05) is 18.0 Å². The van der Waals surface area contributed by atoms with Gasteiger partial charge in [0.05, 0.1) is 16.3 Å². The maximum atomic E-state index is 12.9. The summed E-state index contributed by atoms with van der Waals surface area (Å²) in [5.41, 5.74) is 0.700. The molecule has 5 heteroatoms. The average molecular weight is 294 g/mol. The van der Waals surface area contributed by atoms with E-state index >= 15 is 0 Å².